The monoisotopic (exact) mass is 432 g/mol. The first-order chi connectivity index (χ1) is 15.6. The highest BCUT2D eigenvalue weighted by Gasteiger charge is 2.36. The molecule has 3 aromatic carbocycles. The van der Waals surface area contributed by atoms with Crippen molar-refractivity contribution in [2.45, 2.75) is 6.42 Å². The van der Waals surface area contributed by atoms with E-state index >= 15 is 0 Å². The van der Waals surface area contributed by atoms with E-state index in [1.807, 2.05) is 42.5 Å². The second-order valence-electron chi connectivity index (χ2n) is 7.34. The van der Waals surface area contributed by atoms with E-state index in [0.717, 1.165) is 0 Å². The van der Waals surface area contributed by atoms with Gasteiger partial charge in [0.25, 0.3) is 0 Å². The number of hydrogen-bond acceptors (Lipinski definition) is 5. The highest BCUT2D eigenvalue weighted by atomic mass is 16.5. The molecule has 0 aromatic heterocycles. The number of para-hydroxylation sites is 4. The quantitative estimate of drug-likeness (QED) is 0.595. The standard InChI is InChI=1S/C25H24N2O5/c1-30-21-8-4-3-7-20(21)27-16-17(15-24(27)28)25(29)26-18-11-13-19(14-12-18)32-23-10-6-5-9-22(23)31-2/h3-14,17H,15-16H2,1-2H3,(H,26,29). The van der Waals surface area contributed by atoms with Crippen LogP contribution in [-0.2, 0) is 9.59 Å². The molecule has 4 rings (SSSR count). The van der Waals surface area contributed by atoms with Crippen molar-refractivity contribution in [1.29, 1.82) is 0 Å². The topological polar surface area (TPSA) is 77.1 Å². The summed E-state index contributed by atoms with van der Waals surface area (Å²) < 4.78 is 16.5. The van der Waals surface area contributed by atoms with E-state index in [1.54, 1.807) is 49.5 Å². The minimum Gasteiger partial charge on any atom is -0.495 e. The molecule has 1 saturated heterocycles. The number of nitrogens with one attached hydrogen (secondary N) is 1. The summed E-state index contributed by atoms with van der Waals surface area (Å²) in [5, 5.41) is 2.89. The van der Waals surface area contributed by atoms with Crippen LogP contribution in [0.2, 0.25) is 0 Å². The van der Waals surface area contributed by atoms with Gasteiger partial charge in [-0.05, 0) is 48.5 Å². The van der Waals surface area contributed by atoms with Crippen LogP contribution < -0.4 is 24.4 Å². The molecule has 7 nitrogen and oxygen atoms in total. The Bertz CT molecular complexity index is 1110. The van der Waals surface area contributed by atoms with Crippen molar-refractivity contribution < 1.29 is 23.8 Å². The summed E-state index contributed by atoms with van der Waals surface area (Å²) in [5.74, 6) is 1.71. The van der Waals surface area contributed by atoms with Gasteiger partial charge in [0.2, 0.25) is 11.8 Å². The molecule has 0 saturated carbocycles. The molecule has 1 aliphatic rings. The van der Waals surface area contributed by atoms with Crippen LogP contribution in [0.4, 0.5) is 11.4 Å². The van der Waals surface area contributed by atoms with Crippen LogP contribution in [0.5, 0.6) is 23.0 Å². The number of carbonyl (C=O) groups is 2. The molecule has 1 aliphatic heterocycles. The highest BCUT2D eigenvalue weighted by molar-refractivity contribution is 6.04. The molecule has 0 bridgehead atoms. The fourth-order valence-electron chi connectivity index (χ4n) is 3.65. The van der Waals surface area contributed by atoms with Crippen LogP contribution >= 0.6 is 0 Å². The number of amides is 2. The van der Waals surface area contributed by atoms with E-state index in [4.69, 9.17) is 14.2 Å². The first-order valence-electron chi connectivity index (χ1n) is 10.2. The number of rotatable bonds is 7. The maximum atomic E-state index is 12.8. The summed E-state index contributed by atoms with van der Waals surface area (Å²) in [7, 11) is 3.15. The number of carbonyl (C=O) groups excluding carboxylic acids is 2. The zero-order valence-electron chi connectivity index (χ0n) is 17.9. The molecular weight excluding hydrogens is 408 g/mol. The summed E-state index contributed by atoms with van der Waals surface area (Å²) in [6.07, 6.45) is 0.152. The zero-order valence-corrected chi connectivity index (χ0v) is 17.9. The molecular formula is C25H24N2O5. The van der Waals surface area contributed by atoms with Gasteiger partial charge in [-0.15, -0.1) is 0 Å². The van der Waals surface area contributed by atoms with Crippen molar-refractivity contribution >= 4 is 23.2 Å². The number of nitrogens with zero attached hydrogens (tertiary/aromatic N) is 1. The molecule has 0 radical (unpaired) electrons. The molecule has 1 heterocycles. The Kier molecular flexibility index (Phi) is 6.26. The van der Waals surface area contributed by atoms with Crippen molar-refractivity contribution in [3.63, 3.8) is 0 Å². The second kappa shape index (κ2) is 9.43. The minimum absolute atomic E-state index is 0.102. The first kappa shape index (κ1) is 21.2. The van der Waals surface area contributed by atoms with Crippen LogP contribution in [0.1, 0.15) is 6.42 Å². The van der Waals surface area contributed by atoms with Crippen LogP contribution in [0, 0.1) is 5.92 Å². The Morgan fingerprint density at radius 1 is 0.875 bits per heavy atom. The van der Waals surface area contributed by atoms with Crippen molar-refractivity contribution in [3.05, 3.63) is 72.8 Å². The van der Waals surface area contributed by atoms with Crippen LogP contribution in [0.15, 0.2) is 72.8 Å². The molecule has 1 fully saturated rings. The molecule has 1 N–H and O–H groups in total. The lowest BCUT2D eigenvalue weighted by Gasteiger charge is -2.19. The zero-order chi connectivity index (χ0) is 22.5. The van der Waals surface area contributed by atoms with Gasteiger partial charge in [0.15, 0.2) is 11.5 Å². The van der Waals surface area contributed by atoms with Crippen molar-refractivity contribution in [2.75, 3.05) is 31.0 Å². The minimum atomic E-state index is -0.447. The van der Waals surface area contributed by atoms with Crippen LogP contribution in [0.25, 0.3) is 0 Å². The predicted octanol–water partition coefficient (Wildman–Crippen LogP) is 4.49. The molecule has 1 atom stereocenters. The number of methoxy groups -OCH3 is 2. The molecule has 164 valence electrons. The van der Waals surface area contributed by atoms with Crippen molar-refractivity contribution in [2.24, 2.45) is 5.92 Å². The van der Waals surface area contributed by atoms with E-state index in [9.17, 15) is 9.59 Å². The van der Waals surface area contributed by atoms with E-state index in [1.165, 1.54) is 0 Å². The highest BCUT2D eigenvalue weighted by Crippen LogP contribution is 2.34. The smallest absolute Gasteiger partial charge is 0.229 e. The van der Waals surface area contributed by atoms with Gasteiger partial charge in [-0.2, -0.15) is 0 Å². The average Bonchev–Trinajstić information content (AvgIpc) is 3.22. The molecule has 3 aromatic rings. The normalized spacial score (nSPS) is 15.4. The molecule has 32 heavy (non-hydrogen) atoms. The summed E-state index contributed by atoms with van der Waals surface area (Å²) in [6.45, 7) is 0.306. The van der Waals surface area contributed by atoms with Gasteiger partial charge in [0, 0.05) is 18.7 Å². The third-order valence-electron chi connectivity index (χ3n) is 5.29. The van der Waals surface area contributed by atoms with E-state index < -0.39 is 5.92 Å². The summed E-state index contributed by atoms with van der Waals surface area (Å²) in [5.41, 5.74) is 1.30. The van der Waals surface area contributed by atoms with Gasteiger partial charge >= 0.3 is 0 Å². The van der Waals surface area contributed by atoms with E-state index in [2.05, 4.69) is 5.32 Å². The van der Waals surface area contributed by atoms with E-state index in [0.29, 0.717) is 40.9 Å². The molecule has 2 amide bonds. The Hall–Kier alpha value is -4.00. The molecule has 1 unspecified atom stereocenters. The Morgan fingerprint density at radius 2 is 1.50 bits per heavy atom. The Morgan fingerprint density at radius 3 is 2.19 bits per heavy atom. The fraction of sp³-hybridized carbons (Fsp3) is 0.200. The maximum Gasteiger partial charge on any atom is 0.229 e. The van der Waals surface area contributed by atoms with Crippen LogP contribution in [-0.4, -0.2) is 32.6 Å². The summed E-state index contributed by atoms with van der Waals surface area (Å²) in [4.78, 5) is 26.9. The fourth-order valence-corrected chi connectivity index (χ4v) is 3.65. The van der Waals surface area contributed by atoms with Gasteiger partial charge < -0.3 is 24.4 Å². The van der Waals surface area contributed by atoms with E-state index in [-0.39, 0.29) is 18.2 Å². The lowest BCUT2D eigenvalue weighted by molar-refractivity contribution is -0.122. The number of ether oxygens (including phenoxy) is 3. The number of hydrogen-bond donors (Lipinski definition) is 1. The summed E-state index contributed by atoms with van der Waals surface area (Å²) in [6, 6.07) is 21.7. The molecule has 0 spiro atoms. The van der Waals surface area contributed by atoms with Gasteiger partial charge in [-0.25, -0.2) is 0 Å². The number of anilines is 2. The lowest BCUT2D eigenvalue weighted by atomic mass is 10.1. The first-order valence-corrected chi connectivity index (χ1v) is 10.2. The SMILES string of the molecule is COc1ccccc1Oc1ccc(NC(=O)C2CC(=O)N(c3ccccc3OC)C2)cc1. The molecule has 0 aliphatic carbocycles. The van der Waals surface area contributed by atoms with Crippen molar-refractivity contribution in [1.82, 2.24) is 0 Å². The second-order valence-corrected chi connectivity index (χ2v) is 7.34. The lowest BCUT2D eigenvalue weighted by Crippen LogP contribution is -2.28. The Balaban J connectivity index is 1.39. The van der Waals surface area contributed by atoms with Gasteiger partial charge in [0.05, 0.1) is 25.8 Å². The molecule has 7 heteroatoms. The third-order valence-corrected chi connectivity index (χ3v) is 5.29. The average molecular weight is 432 g/mol. The van der Waals surface area contributed by atoms with Crippen molar-refractivity contribution in [3.8, 4) is 23.0 Å². The predicted molar refractivity (Wildman–Crippen MR) is 122 cm³/mol. The largest absolute Gasteiger partial charge is 0.495 e. The van der Waals surface area contributed by atoms with Gasteiger partial charge in [-0.1, -0.05) is 24.3 Å². The van der Waals surface area contributed by atoms with Gasteiger partial charge in [0.1, 0.15) is 11.5 Å². The third kappa shape index (κ3) is 4.51. The van der Waals surface area contributed by atoms with Gasteiger partial charge in [-0.3, -0.25) is 9.59 Å². The Labute approximate surface area is 186 Å². The summed E-state index contributed by atoms with van der Waals surface area (Å²) >= 11 is 0. The van der Waals surface area contributed by atoms with Crippen LogP contribution in [0.3, 0.4) is 0 Å². The maximum absolute atomic E-state index is 12.8. The number of benzene rings is 3.